The molecule has 128 heavy (non-hydrogen) atoms. The van der Waals surface area contributed by atoms with Crippen LogP contribution >= 0.6 is 74.4 Å². The van der Waals surface area contributed by atoms with Gasteiger partial charge >= 0.3 is 143 Å². The Morgan fingerprint density at radius 3 is 0.617 bits per heavy atom. The number of nitrogens with zero attached hydrogens (tertiary/aromatic N) is 8. The van der Waals surface area contributed by atoms with E-state index < -0.39 is 84.3 Å². The van der Waals surface area contributed by atoms with Crippen molar-refractivity contribution in [3.05, 3.63) is 431 Å². The minimum Gasteiger partial charge on any atom is -0.659 e. The van der Waals surface area contributed by atoms with Crippen molar-refractivity contribution in [1.29, 1.82) is 0 Å². The Balaban J connectivity index is 0.000000160. The second-order valence-corrected chi connectivity index (χ2v) is 51.0. The molecule has 644 valence electrons. The molecular formula is C104H88Cl8N8O2Si2Ti4-8. The number of para-hydroxylation sites is 8. The summed E-state index contributed by atoms with van der Waals surface area (Å²) in [5.74, 6) is 1.62. The Kier molecular flexibility index (Phi) is 40.2. The zero-order chi connectivity index (χ0) is 90.6. The average Bonchev–Trinajstić information content (AvgIpc) is 0.768. The maximum atomic E-state index is 5.26. The van der Waals surface area contributed by atoms with Gasteiger partial charge in [0.1, 0.15) is 11.5 Å². The first-order valence-corrected chi connectivity index (χ1v) is 64.7. The van der Waals surface area contributed by atoms with Gasteiger partial charge in [-0.05, 0) is 101 Å². The molecule has 0 aromatic heterocycles. The molecule has 0 fully saturated rings. The van der Waals surface area contributed by atoms with Gasteiger partial charge in [0.05, 0.1) is 30.4 Å². The van der Waals surface area contributed by atoms with Crippen molar-refractivity contribution in [2.24, 2.45) is 0 Å². The zero-order valence-corrected chi connectivity index (χ0v) is 85.7. The van der Waals surface area contributed by atoms with Crippen LogP contribution in [-0.2, 0) is 68.1 Å². The molecule has 0 unspecified atom stereocenters. The van der Waals surface area contributed by atoms with E-state index in [0.717, 1.165) is 124 Å². The molecule has 0 radical (unpaired) electrons. The minimum absolute atomic E-state index is 0.556. The van der Waals surface area contributed by atoms with Gasteiger partial charge in [-0.15, -0.1) is 45.5 Å². The molecule has 0 aliphatic rings. The topological polar surface area (TPSA) is 131 Å². The van der Waals surface area contributed by atoms with Gasteiger partial charge in [0.15, 0.2) is 0 Å². The number of rotatable bonds is 20. The Labute approximate surface area is 820 Å². The molecule has 18 aromatic rings. The molecule has 10 nitrogen and oxygen atoms in total. The standard InChI is InChI=1S/C34H22N2.C26H18N2.C24H30N2Si2.C20H18N2O2.8ClH.4Ti/c1-5-15-27-23(11-1)21-24-12-2-6-16-28(24)33(27)35-31-19-9-10-20-32(31)36-34-29-17-7-3-13-25(29)22-26-14-4-8-18-30(26)34;1-3-9-21-17-23(15-13-19(21)7-1)27-25-11-5-6-12-26(25)28-24-16-14-20-8-2-4-10-22(20)18-24;1-27(2,3)21-15-11-19(12-16-21)25-23-9-7-8-10-24(23)26-20-13-17-22(18-14-20)28(4,5)6;1-23-17-11-7-15(8-12-17)21-19-5-3-4-6-20(19)22-16-9-13-18(24-2)14-10-16;;;;;;;;;;;;/h1-22H;1-18H;7-18H,1-6H3;3-14H,1-2H3;8*1H;;;;/q4*-2;;;;;;;;;4*+2/p-8. The fraction of sp³-hybridized carbons (Fsp3) is 0.0769. The van der Waals surface area contributed by atoms with Crippen LogP contribution in [0.5, 0.6) is 11.5 Å². The molecule has 0 spiro atoms. The van der Waals surface area contributed by atoms with Crippen LogP contribution in [0.1, 0.15) is 0 Å². The van der Waals surface area contributed by atoms with Crippen molar-refractivity contribution in [3.8, 4) is 11.5 Å². The third-order valence-electron chi connectivity index (χ3n) is 20.1. The van der Waals surface area contributed by atoms with E-state index in [2.05, 4.69) is 305 Å². The molecular weight excluding hydrogens is 1920 g/mol. The van der Waals surface area contributed by atoms with Crippen LogP contribution < -0.4 is 19.8 Å². The van der Waals surface area contributed by atoms with Gasteiger partial charge in [0.25, 0.3) is 0 Å². The first kappa shape index (κ1) is 99.7. The summed E-state index contributed by atoms with van der Waals surface area (Å²) in [5.41, 5.74) is 14.4. The maximum absolute atomic E-state index is 5.26. The number of benzene rings is 18. The van der Waals surface area contributed by atoms with Crippen molar-refractivity contribution >= 4 is 257 Å². The van der Waals surface area contributed by atoms with E-state index in [-0.39, 0.29) is 0 Å². The van der Waals surface area contributed by atoms with Crippen LogP contribution in [0.25, 0.3) is 107 Å². The summed E-state index contributed by atoms with van der Waals surface area (Å²) in [5, 5.41) is 56.3. The van der Waals surface area contributed by atoms with E-state index >= 15 is 0 Å². The number of halogens is 8. The first-order chi connectivity index (χ1) is 62.3. The summed E-state index contributed by atoms with van der Waals surface area (Å²) >= 11 is -2.22. The van der Waals surface area contributed by atoms with Crippen molar-refractivity contribution in [1.82, 2.24) is 0 Å². The largest absolute Gasteiger partial charge is 0.659 e. The van der Waals surface area contributed by atoms with E-state index in [1.165, 1.54) is 53.5 Å². The van der Waals surface area contributed by atoms with Gasteiger partial charge < -0.3 is 52.0 Å². The summed E-state index contributed by atoms with van der Waals surface area (Å²) in [6, 6.07) is 132. The third-order valence-corrected chi connectivity index (χ3v) is 24.2. The fourth-order valence-corrected chi connectivity index (χ4v) is 16.1. The van der Waals surface area contributed by atoms with Crippen LogP contribution in [0.15, 0.2) is 388 Å². The summed E-state index contributed by atoms with van der Waals surface area (Å²) in [6.07, 6.45) is 0. The smallest absolute Gasteiger partial charge is 0.0185 e. The van der Waals surface area contributed by atoms with Gasteiger partial charge in [-0.1, -0.05) is 402 Å². The first-order valence-electron chi connectivity index (χ1n) is 40.5. The number of hydrogen-bond donors (Lipinski definition) is 0. The van der Waals surface area contributed by atoms with Gasteiger partial charge in [-0.2, -0.15) is 45.5 Å². The molecule has 0 heterocycles. The molecule has 24 heteroatoms. The van der Waals surface area contributed by atoms with Crippen molar-refractivity contribution in [2.75, 3.05) is 14.2 Å². The van der Waals surface area contributed by atoms with Gasteiger partial charge in [-0.3, -0.25) is 0 Å². The van der Waals surface area contributed by atoms with E-state index in [1.807, 2.05) is 133 Å². The fourth-order valence-electron chi connectivity index (χ4n) is 13.8. The predicted molar refractivity (Wildman–Crippen MR) is 550 cm³/mol. The zero-order valence-electron chi connectivity index (χ0n) is 71.4. The number of ether oxygens (including phenoxy) is 2. The molecule has 0 bridgehead atoms. The molecule has 0 N–H and O–H groups in total. The second-order valence-electron chi connectivity index (χ2n) is 30.5. The summed E-state index contributed by atoms with van der Waals surface area (Å²) < 4.78 is 10.3. The Bertz CT molecular complexity index is 6050. The number of fused-ring (bicyclic) bond motifs is 6. The molecule has 18 rings (SSSR count). The Morgan fingerprint density at radius 1 is 0.195 bits per heavy atom. The van der Waals surface area contributed by atoms with Crippen LogP contribution in [0.3, 0.4) is 0 Å². The van der Waals surface area contributed by atoms with Crippen LogP contribution in [0.4, 0.5) is 91.0 Å². The molecule has 18 aromatic carbocycles. The molecule has 0 aliphatic heterocycles. The summed E-state index contributed by atoms with van der Waals surface area (Å²) in [7, 11) is 39.8. The van der Waals surface area contributed by atoms with Crippen LogP contribution in [0, 0.1) is 0 Å². The van der Waals surface area contributed by atoms with E-state index in [0.29, 0.717) is 0 Å². The predicted octanol–water partition coefficient (Wildman–Crippen LogP) is 39.0. The van der Waals surface area contributed by atoms with E-state index in [9.17, 15) is 0 Å². The van der Waals surface area contributed by atoms with Crippen LogP contribution in [0.2, 0.25) is 39.3 Å². The summed E-state index contributed by atoms with van der Waals surface area (Å²) in [6.45, 7) is 14.2. The number of hydrogen-bond acceptors (Lipinski definition) is 2. The third kappa shape index (κ3) is 29.6. The van der Waals surface area contributed by atoms with Crippen molar-refractivity contribution < 1.29 is 77.6 Å². The van der Waals surface area contributed by atoms with Crippen molar-refractivity contribution in [2.45, 2.75) is 39.3 Å². The summed E-state index contributed by atoms with van der Waals surface area (Å²) in [4.78, 5) is 0. The quantitative estimate of drug-likeness (QED) is 0.0556. The molecule has 0 saturated carbocycles. The molecule has 0 aliphatic carbocycles. The Hall–Kier alpha value is -8.87. The van der Waals surface area contributed by atoms with Gasteiger partial charge in [0.2, 0.25) is 0 Å². The second kappa shape index (κ2) is 51.7. The maximum Gasteiger partial charge on any atom is -0.0185 e. The molecule has 0 amide bonds. The molecule has 0 atom stereocenters. The van der Waals surface area contributed by atoms with E-state index in [4.69, 9.17) is 116 Å². The monoisotopic (exact) mass is 2010 g/mol. The number of methoxy groups -OCH3 is 2. The minimum atomic E-state index is -1.29. The SMILES string of the molecule is COc1ccc([N-]c2ccccc2[N-]c2ccc(OC)cc2)cc1.C[Si](C)(C)c1ccc([N-]c2ccccc2[N-]c2ccc([Si](C)(C)C)cc2)cc1.[Cl][Ti][Cl].[Cl][Ti][Cl].[Cl][Ti][Cl].[Cl][Ti][Cl].c1ccc([N-]c2c3ccccc3cc3ccccc23)c([N-]c2c3ccccc3cc3ccccc23)c1.c1ccc([N-]c2ccc3ccccc3c2)c([N-]c2ccc3ccccc3c2)c1. The van der Waals surface area contributed by atoms with Gasteiger partial charge in [0, 0.05) is 0 Å². The normalized spacial score (nSPS) is 10.5. The Morgan fingerprint density at radius 2 is 0.383 bits per heavy atom. The van der Waals surface area contributed by atoms with Crippen molar-refractivity contribution in [3.63, 3.8) is 0 Å². The van der Waals surface area contributed by atoms with Crippen LogP contribution in [-0.4, -0.2) is 30.4 Å². The van der Waals surface area contributed by atoms with Gasteiger partial charge in [-0.25, -0.2) is 0 Å². The molecule has 0 saturated heterocycles. The van der Waals surface area contributed by atoms with E-state index in [1.54, 1.807) is 14.2 Å². The average molecular weight is 2010 g/mol.